The van der Waals surface area contributed by atoms with E-state index in [0.717, 1.165) is 22.3 Å². The number of hydrogen-bond donors (Lipinski definition) is 1. The fraction of sp³-hybridized carbons (Fsp3) is 0.462. The highest BCUT2D eigenvalue weighted by Crippen LogP contribution is 2.31. The Hall–Kier alpha value is -1.59. The Bertz CT molecular complexity index is 571. The van der Waals surface area contributed by atoms with Crippen molar-refractivity contribution in [3.63, 3.8) is 0 Å². The summed E-state index contributed by atoms with van der Waals surface area (Å²) in [4.78, 5) is 0. The van der Waals surface area contributed by atoms with Gasteiger partial charge in [-0.2, -0.15) is 5.10 Å². The van der Waals surface area contributed by atoms with Crippen LogP contribution in [0.5, 0.6) is 0 Å². The van der Waals surface area contributed by atoms with Crippen molar-refractivity contribution in [1.82, 2.24) is 9.78 Å². The van der Waals surface area contributed by atoms with E-state index in [0.29, 0.717) is 13.2 Å². The van der Waals surface area contributed by atoms with E-state index in [1.54, 1.807) is 0 Å². The molecule has 0 radical (unpaired) electrons. The van der Waals surface area contributed by atoms with Crippen molar-refractivity contribution in [2.45, 2.75) is 26.2 Å². The van der Waals surface area contributed by atoms with Crippen LogP contribution >= 0.6 is 0 Å². The molecule has 0 atom stereocenters. The first-order valence-electron chi connectivity index (χ1n) is 6.17. The predicted molar refractivity (Wildman–Crippen MR) is 69.2 cm³/mol. The summed E-state index contributed by atoms with van der Waals surface area (Å²) in [5, 5.41) is 5.67. The van der Waals surface area contributed by atoms with Crippen LogP contribution in [-0.4, -0.2) is 23.0 Å². The number of nitrogen functional groups attached to an aromatic ring is 1. The van der Waals surface area contributed by atoms with Crippen molar-refractivity contribution in [2.24, 2.45) is 0 Å². The van der Waals surface area contributed by atoms with Gasteiger partial charge in [0.25, 0.3) is 0 Å². The highest BCUT2D eigenvalue weighted by Gasteiger charge is 2.25. The summed E-state index contributed by atoms with van der Waals surface area (Å²) in [6.07, 6.45) is -0.351. The van der Waals surface area contributed by atoms with Gasteiger partial charge in [-0.25, -0.2) is 0 Å². The van der Waals surface area contributed by atoms with Gasteiger partial charge in [0.15, 0.2) is 0 Å². The molecule has 0 spiro atoms. The van der Waals surface area contributed by atoms with Crippen molar-refractivity contribution in [3.05, 3.63) is 23.9 Å². The van der Waals surface area contributed by atoms with Crippen LogP contribution in [-0.2, 0) is 9.47 Å². The van der Waals surface area contributed by atoms with E-state index in [1.165, 1.54) is 0 Å². The smallest absolute Gasteiger partial charge is 0.203 e. The van der Waals surface area contributed by atoms with Gasteiger partial charge in [-0.3, -0.25) is 4.68 Å². The number of rotatable bonds is 2. The van der Waals surface area contributed by atoms with Gasteiger partial charge >= 0.3 is 0 Å². The highest BCUT2D eigenvalue weighted by atomic mass is 16.7. The van der Waals surface area contributed by atoms with Gasteiger partial charge < -0.3 is 15.2 Å². The molecule has 1 aromatic heterocycles. The molecule has 2 heterocycles. The Morgan fingerprint density at radius 3 is 2.72 bits per heavy atom. The van der Waals surface area contributed by atoms with Crippen LogP contribution in [0.4, 0.5) is 5.69 Å². The van der Waals surface area contributed by atoms with Gasteiger partial charge in [0.1, 0.15) is 5.69 Å². The second-order valence-corrected chi connectivity index (χ2v) is 4.77. The molecule has 0 amide bonds. The number of benzene rings is 1. The first-order chi connectivity index (χ1) is 8.66. The van der Waals surface area contributed by atoms with Gasteiger partial charge in [-0.1, -0.05) is 0 Å². The second kappa shape index (κ2) is 4.26. The fourth-order valence-corrected chi connectivity index (χ4v) is 2.26. The van der Waals surface area contributed by atoms with Gasteiger partial charge in [0, 0.05) is 17.1 Å². The molecule has 3 rings (SSSR count). The first-order valence-corrected chi connectivity index (χ1v) is 6.17. The maximum Gasteiger partial charge on any atom is 0.203 e. The minimum Gasteiger partial charge on any atom is -0.399 e. The zero-order valence-corrected chi connectivity index (χ0v) is 10.6. The summed E-state index contributed by atoms with van der Waals surface area (Å²) in [6, 6.07) is 6.08. The lowest BCUT2D eigenvalue weighted by Gasteiger charge is -2.07. The normalized spacial score (nSPS) is 17.1. The maximum absolute atomic E-state index is 5.85. The number of fused-ring (bicyclic) bond motifs is 1. The third kappa shape index (κ3) is 1.76. The molecular formula is C13H17N3O2. The third-order valence-corrected chi connectivity index (χ3v) is 3.09. The Labute approximate surface area is 105 Å². The lowest BCUT2D eigenvalue weighted by atomic mass is 10.2. The minimum absolute atomic E-state index is 0.268. The number of anilines is 1. The molecule has 0 unspecified atom stereocenters. The summed E-state index contributed by atoms with van der Waals surface area (Å²) in [5.74, 6) is 0. The maximum atomic E-state index is 5.85. The van der Waals surface area contributed by atoms with Crippen LogP contribution in [0.25, 0.3) is 10.9 Å². The molecule has 1 saturated heterocycles. The molecule has 0 aliphatic carbocycles. The standard InChI is InChI=1S/C13H17N3O2/c1-8(2)16-11-7-9(14)3-4-10(11)12(15-16)13-17-5-6-18-13/h3-4,7-8,13H,5-6,14H2,1-2H3. The van der Waals surface area contributed by atoms with Gasteiger partial charge in [0.05, 0.1) is 18.7 Å². The molecule has 0 bridgehead atoms. The fourth-order valence-electron chi connectivity index (χ4n) is 2.26. The summed E-state index contributed by atoms with van der Waals surface area (Å²) < 4.78 is 13.0. The van der Waals surface area contributed by atoms with Crippen molar-refractivity contribution in [3.8, 4) is 0 Å². The zero-order valence-electron chi connectivity index (χ0n) is 10.6. The quantitative estimate of drug-likeness (QED) is 0.827. The van der Waals surface area contributed by atoms with Crippen LogP contribution in [0.3, 0.4) is 0 Å². The van der Waals surface area contributed by atoms with Crippen LogP contribution in [0.1, 0.15) is 31.9 Å². The van der Waals surface area contributed by atoms with Crippen LogP contribution in [0.2, 0.25) is 0 Å². The van der Waals surface area contributed by atoms with E-state index in [1.807, 2.05) is 22.9 Å². The van der Waals surface area contributed by atoms with E-state index in [4.69, 9.17) is 15.2 Å². The average molecular weight is 247 g/mol. The van der Waals surface area contributed by atoms with Crippen LogP contribution in [0, 0.1) is 0 Å². The molecule has 5 heteroatoms. The molecule has 2 N–H and O–H groups in total. The number of aromatic nitrogens is 2. The molecule has 18 heavy (non-hydrogen) atoms. The average Bonchev–Trinajstić information content (AvgIpc) is 2.93. The molecule has 1 aromatic carbocycles. The van der Waals surface area contributed by atoms with Crippen LogP contribution < -0.4 is 5.73 Å². The van der Waals surface area contributed by atoms with E-state index in [2.05, 4.69) is 18.9 Å². The van der Waals surface area contributed by atoms with E-state index < -0.39 is 0 Å². The summed E-state index contributed by atoms with van der Waals surface area (Å²) in [6.45, 7) is 5.43. The highest BCUT2D eigenvalue weighted by molar-refractivity contribution is 5.85. The minimum atomic E-state index is -0.351. The summed E-state index contributed by atoms with van der Waals surface area (Å²) in [5.41, 5.74) is 8.46. The number of nitrogens with two attached hydrogens (primary N) is 1. The van der Waals surface area contributed by atoms with Gasteiger partial charge in [-0.05, 0) is 32.0 Å². The summed E-state index contributed by atoms with van der Waals surface area (Å²) >= 11 is 0. The molecule has 1 aliphatic rings. The molecule has 96 valence electrons. The second-order valence-electron chi connectivity index (χ2n) is 4.77. The molecule has 0 saturated carbocycles. The Morgan fingerprint density at radius 2 is 2.06 bits per heavy atom. The largest absolute Gasteiger partial charge is 0.399 e. The third-order valence-electron chi connectivity index (χ3n) is 3.09. The number of hydrogen-bond acceptors (Lipinski definition) is 4. The predicted octanol–water partition coefficient (Wildman–Crippen LogP) is 2.24. The summed E-state index contributed by atoms with van der Waals surface area (Å²) in [7, 11) is 0. The number of ether oxygens (including phenoxy) is 2. The number of nitrogens with zero attached hydrogens (tertiary/aromatic N) is 2. The van der Waals surface area contributed by atoms with Crippen molar-refractivity contribution in [1.29, 1.82) is 0 Å². The van der Waals surface area contributed by atoms with Crippen molar-refractivity contribution >= 4 is 16.6 Å². The topological polar surface area (TPSA) is 62.3 Å². The molecule has 1 aliphatic heterocycles. The van der Waals surface area contributed by atoms with Gasteiger partial charge in [0.2, 0.25) is 6.29 Å². The lowest BCUT2D eigenvalue weighted by molar-refractivity contribution is -0.0467. The first kappa shape index (κ1) is 11.5. The molecular weight excluding hydrogens is 230 g/mol. The van der Waals surface area contributed by atoms with E-state index in [-0.39, 0.29) is 12.3 Å². The van der Waals surface area contributed by atoms with Gasteiger partial charge in [-0.15, -0.1) is 0 Å². The Morgan fingerprint density at radius 1 is 1.33 bits per heavy atom. The van der Waals surface area contributed by atoms with E-state index >= 15 is 0 Å². The van der Waals surface area contributed by atoms with Crippen molar-refractivity contribution < 1.29 is 9.47 Å². The Kier molecular flexibility index (Phi) is 2.72. The molecule has 2 aromatic rings. The zero-order chi connectivity index (χ0) is 12.7. The molecule has 1 fully saturated rings. The Balaban J connectivity index is 2.19. The SMILES string of the molecule is CC(C)n1nc(C2OCCO2)c2ccc(N)cc21. The van der Waals surface area contributed by atoms with Crippen molar-refractivity contribution in [2.75, 3.05) is 18.9 Å². The molecule has 5 nitrogen and oxygen atoms in total. The monoisotopic (exact) mass is 247 g/mol. The van der Waals surface area contributed by atoms with E-state index in [9.17, 15) is 0 Å². The lowest BCUT2D eigenvalue weighted by Crippen LogP contribution is -2.05. The van der Waals surface area contributed by atoms with Crippen LogP contribution in [0.15, 0.2) is 18.2 Å².